The van der Waals surface area contributed by atoms with Crippen molar-refractivity contribution in [2.75, 3.05) is 0 Å². The molecule has 0 aliphatic heterocycles. The molecule has 0 saturated carbocycles. The van der Waals surface area contributed by atoms with Gasteiger partial charge < -0.3 is 0 Å². The van der Waals surface area contributed by atoms with Crippen molar-refractivity contribution in [1.29, 1.82) is 10.5 Å². The van der Waals surface area contributed by atoms with Crippen LogP contribution in [0.2, 0.25) is 0 Å². The monoisotopic (exact) mass is 290 g/mol. The summed E-state index contributed by atoms with van der Waals surface area (Å²) in [5.41, 5.74) is 3.27. The van der Waals surface area contributed by atoms with Gasteiger partial charge in [0.15, 0.2) is 0 Å². The van der Waals surface area contributed by atoms with E-state index in [1.165, 1.54) is 5.56 Å². The smallest absolute Gasteiger partial charge is 0.100 e. The van der Waals surface area contributed by atoms with E-state index in [-0.39, 0.29) is 10.8 Å². The zero-order valence-electron chi connectivity index (χ0n) is 14.2. The van der Waals surface area contributed by atoms with Gasteiger partial charge in [-0.15, -0.1) is 0 Å². The van der Waals surface area contributed by atoms with Crippen LogP contribution in [0, 0.1) is 22.7 Å². The summed E-state index contributed by atoms with van der Waals surface area (Å²) >= 11 is 0. The van der Waals surface area contributed by atoms with Crippen molar-refractivity contribution in [3.63, 3.8) is 0 Å². The molecule has 2 aromatic rings. The highest BCUT2D eigenvalue weighted by atomic mass is 14.3. The average molecular weight is 290 g/mol. The van der Waals surface area contributed by atoms with E-state index < -0.39 is 0 Å². The summed E-state index contributed by atoms with van der Waals surface area (Å²) in [4.78, 5) is 0. The van der Waals surface area contributed by atoms with Crippen molar-refractivity contribution >= 4 is 10.8 Å². The molecule has 0 atom stereocenters. The molecular weight excluding hydrogens is 268 g/mol. The van der Waals surface area contributed by atoms with Crippen LogP contribution < -0.4 is 0 Å². The summed E-state index contributed by atoms with van der Waals surface area (Å²) in [6.45, 7) is 12.7. The average Bonchev–Trinajstić information content (AvgIpc) is 2.42. The molecule has 0 aliphatic carbocycles. The molecule has 0 saturated heterocycles. The quantitative estimate of drug-likeness (QED) is 0.671. The molecule has 2 heteroatoms. The molecule has 0 radical (unpaired) electrons. The summed E-state index contributed by atoms with van der Waals surface area (Å²) in [6.07, 6.45) is 0. The molecule has 22 heavy (non-hydrogen) atoms. The first kappa shape index (κ1) is 16.1. The molecule has 0 N–H and O–H groups in total. The summed E-state index contributed by atoms with van der Waals surface area (Å²) in [7, 11) is 0. The van der Waals surface area contributed by atoms with E-state index in [0.29, 0.717) is 11.1 Å². The normalized spacial score (nSPS) is 12.0. The molecule has 0 unspecified atom stereocenters. The lowest BCUT2D eigenvalue weighted by Gasteiger charge is -2.24. The van der Waals surface area contributed by atoms with Gasteiger partial charge in [-0.3, -0.25) is 0 Å². The van der Waals surface area contributed by atoms with Crippen molar-refractivity contribution in [2.24, 2.45) is 0 Å². The third-order valence-corrected chi connectivity index (χ3v) is 4.04. The van der Waals surface area contributed by atoms with Crippen molar-refractivity contribution < 1.29 is 0 Å². The number of nitrogens with zero attached hydrogens (tertiary/aromatic N) is 2. The van der Waals surface area contributed by atoms with Gasteiger partial charge in [-0.25, -0.2) is 0 Å². The first-order chi connectivity index (χ1) is 10.1. The highest BCUT2D eigenvalue weighted by Crippen LogP contribution is 2.35. The second kappa shape index (κ2) is 5.15. The Bertz CT molecular complexity index is 816. The van der Waals surface area contributed by atoms with Crippen LogP contribution in [-0.2, 0) is 10.8 Å². The minimum Gasteiger partial charge on any atom is -0.192 e. The number of hydrogen-bond acceptors (Lipinski definition) is 2. The molecule has 2 rings (SSSR count). The molecular formula is C20H22N2. The summed E-state index contributed by atoms with van der Waals surface area (Å²) in [5, 5.41) is 20.9. The number of nitriles is 2. The van der Waals surface area contributed by atoms with Crippen molar-refractivity contribution in [1.82, 2.24) is 0 Å². The lowest BCUT2D eigenvalue weighted by atomic mass is 9.79. The zero-order chi connectivity index (χ0) is 16.7. The molecule has 0 spiro atoms. The van der Waals surface area contributed by atoms with Gasteiger partial charge >= 0.3 is 0 Å². The number of fused-ring (bicyclic) bond motifs is 1. The van der Waals surface area contributed by atoms with Gasteiger partial charge in [-0.05, 0) is 34.1 Å². The molecule has 2 aromatic carbocycles. The fraction of sp³-hybridized carbons (Fsp3) is 0.400. The number of rotatable bonds is 0. The van der Waals surface area contributed by atoms with Crippen LogP contribution in [0.1, 0.15) is 63.8 Å². The molecule has 0 bridgehead atoms. The van der Waals surface area contributed by atoms with E-state index in [2.05, 4.69) is 65.8 Å². The Kier molecular flexibility index (Phi) is 3.76. The van der Waals surface area contributed by atoms with Gasteiger partial charge in [0, 0.05) is 10.8 Å². The first-order valence-corrected chi connectivity index (χ1v) is 7.51. The van der Waals surface area contributed by atoms with E-state index in [4.69, 9.17) is 0 Å². The van der Waals surface area contributed by atoms with Gasteiger partial charge in [0.1, 0.15) is 6.07 Å². The minimum absolute atomic E-state index is 0.0103. The van der Waals surface area contributed by atoms with Gasteiger partial charge in [0.05, 0.1) is 17.2 Å². The minimum atomic E-state index is -0.173. The van der Waals surface area contributed by atoms with E-state index in [0.717, 1.165) is 16.3 Å². The number of benzene rings is 2. The third kappa shape index (κ3) is 2.70. The van der Waals surface area contributed by atoms with E-state index in [1.807, 2.05) is 12.1 Å². The molecule has 2 nitrogen and oxygen atoms in total. The Morgan fingerprint density at radius 1 is 0.773 bits per heavy atom. The van der Waals surface area contributed by atoms with Crippen molar-refractivity contribution in [2.45, 2.75) is 52.4 Å². The van der Waals surface area contributed by atoms with Gasteiger partial charge in [-0.2, -0.15) is 10.5 Å². The van der Waals surface area contributed by atoms with Crippen LogP contribution in [0.15, 0.2) is 24.3 Å². The predicted molar refractivity (Wildman–Crippen MR) is 90.8 cm³/mol. The van der Waals surface area contributed by atoms with Crippen LogP contribution in [-0.4, -0.2) is 0 Å². The maximum Gasteiger partial charge on any atom is 0.100 e. The SMILES string of the molecule is CC(C)(C)c1ccc2c(C#N)c(C(C)(C)C)cc(C#N)c2c1. The molecule has 0 fully saturated rings. The van der Waals surface area contributed by atoms with Crippen LogP contribution in [0.5, 0.6) is 0 Å². The molecule has 0 aliphatic rings. The maximum absolute atomic E-state index is 9.64. The zero-order valence-corrected chi connectivity index (χ0v) is 14.2. The second-order valence-electron chi connectivity index (χ2n) is 7.83. The highest BCUT2D eigenvalue weighted by Gasteiger charge is 2.23. The summed E-state index contributed by atoms with van der Waals surface area (Å²) < 4.78 is 0. The Morgan fingerprint density at radius 2 is 1.41 bits per heavy atom. The van der Waals surface area contributed by atoms with Crippen molar-refractivity contribution in [3.8, 4) is 12.1 Å². The number of hydrogen-bond donors (Lipinski definition) is 0. The van der Waals surface area contributed by atoms with E-state index in [9.17, 15) is 10.5 Å². The van der Waals surface area contributed by atoms with Crippen molar-refractivity contribution in [3.05, 3.63) is 46.5 Å². The topological polar surface area (TPSA) is 47.6 Å². The lowest BCUT2D eigenvalue weighted by Crippen LogP contribution is -2.15. The maximum atomic E-state index is 9.64. The van der Waals surface area contributed by atoms with Crippen LogP contribution in [0.3, 0.4) is 0 Å². The van der Waals surface area contributed by atoms with Gasteiger partial charge in [0.2, 0.25) is 0 Å². The molecule has 0 heterocycles. The van der Waals surface area contributed by atoms with Crippen LogP contribution in [0.4, 0.5) is 0 Å². The Hall–Kier alpha value is -2.32. The summed E-state index contributed by atoms with van der Waals surface area (Å²) in [5.74, 6) is 0. The van der Waals surface area contributed by atoms with Crippen LogP contribution >= 0.6 is 0 Å². The van der Waals surface area contributed by atoms with Gasteiger partial charge in [-0.1, -0.05) is 53.7 Å². The highest BCUT2D eigenvalue weighted by molar-refractivity contribution is 5.94. The van der Waals surface area contributed by atoms with E-state index in [1.54, 1.807) is 0 Å². The summed E-state index contributed by atoms with van der Waals surface area (Å²) in [6, 6.07) is 12.6. The fourth-order valence-electron chi connectivity index (χ4n) is 2.70. The standard InChI is InChI=1S/C20H22N2/c1-19(2,3)14-7-8-15-16(10-14)13(11-21)9-18(17(15)12-22)20(4,5)6/h7-10H,1-6H3. The van der Waals surface area contributed by atoms with E-state index >= 15 is 0 Å². The Balaban J connectivity index is 2.95. The fourth-order valence-corrected chi connectivity index (χ4v) is 2.70. The largest absolute Gasteiger partial charge is 0.192 e. The van der Waals surface area contributed by atoms with Crippen LogP contribution in [0.25, 0.3) is 10.8 Å². The third-order valence-electron chi connectivity index (χ3n) is 4.04. The Morgan fingerprint density at radius 3 is 1.86 bits per heavy atom. The molecule has 112 valence electrons. The first-order valence-electron chi connectivity index (χ1n) is 7.51. The van der Waals surface area contributed by atoms with Gasteiger partial charge in [0.25, 0.3) is 0 Å². The molecule has 0 amide bonds. The predicted octanol–water partition coefficient (Wildman–Crippen LogP) is 5.18. The second-order valence-corrected chi connectivity index (χ2v) is 7.83. The molecule has 0 aromatic heterocycles. The Labute approximate surface area is 133 Å². The lowest BCUT2D eigenvalue weighted by molar-refractivity contribution is 0.588.